The van der Waals surface area contributed by atoms with E-state index in [1.165, 1.54) is 6.42 Å². The van der Waals surface area contributed by atoms with Gasteiger partial charge >= 0.3 is 5.97 Å². The molecule has 0 radical (unpaired) electrons. The molecule has 1 fully saturated rings. The molecule has 2 aromatic carbocycles. The van der Waals surface area contributed by atoms with Gasteiger partial charge in [0.2, 0.25) is 0 Å². The number of para-hydroxylation sites is 1. The van der Waals surface area contributed by atoms with Crippen LogP contribution in [0.3, 0.4) is 0 Å². The Hall–Kier alpha value is -2.83. The molecule has 3 aromatic rings. The number of aromatic nitrogens is 2. The molecule has 6 nitrogen and oxygen atoms in total. The van der Waals surface area contributed by atoms with Gasteiger partial charge in [0.05, 0.1) is 22.8 Å². The van der Waals surface area contributed by atoms with E-state index in [2.05, 4.69) is 10.4 Å². The van der Waals surface area contributed by atoms with Gasteiger partial charge < -0.3 is 10.4 Å². The lowest BCUT2D eigenvalue weighted by Gasteiger charge is -2.22. The average Bonchev–Trinajstić information content (AvgIpc) is 3.11. The van der Waals surface area contributed by atoms with Crippen molar-refractivity contribution in [2.45, 2.75) is 51.5 Å². The number of amides is 1. The summed E-state index contributed by atoms with van der Waals surface area (Å²) in [4.78, 5) is 24.7. The number of rotatable bonds is 6. The predicted octanol–water partition coefficient (Wildman–Crippen LogP) is 5.84. The van der Waals surface area contributed by atoms with E-state index in [9.17, 15) is 14.7 Å². The Labute approximate surface area is 202 Å². The van der Waals surface area contributed by atoms with E-state index in [1.807, 2.05) is 13.0 Å². The lowest BCUT2D eigenvalue weighted by Crippen LogP contribution is -2.36. The van der Waals surface area contributed by atoms with Crippen LogP contribution in [0.5, 0.6) is 0 Å². The van der Waals surface area contributed by atoms with Crippen molar-refractivity contribution in [1.82, 2.24) is 15.1 Å². The fraction of sp³-hybridized carbons (Fsp3) is 0.320. The summed E-state index contributed by atoms with van der Waals surface area (Å²) in [7, 11) is 0. The van der Waals surface area contributed by atoms with Crippen LogP contribution in [0.1, 0.15) is 53.7 Å². The molecule has 2 N–H and O–H groups in total. The van der Waals surface area contributed by atoms with Crippen LogP contribution in [0.4, 0.5) is 0 Å². The van der Waals surface area contributed by atoms with E-state index < -0.39 is 5.97 Å². The summed E-state index contributed by atoms with van der Waals surface area (Å²) in [5, 5.41) is 18.1. The molecule has 1 saturated carbocycles. The lowest BCUT2D eigenvalue weighted by molar-refractivity contribution is -0.136. The average molecular weight is 486 g/mol. The molecule has 1 amide bonds. The van der Waals surface area contributed by atoms with Gasteiger partial charge in [0.25, 0.3) is 5.91 Å². The number of aliphatic carboxylic acids is 1. The maximum absolute atomic E-state index is 13.2. The normalized spacial score (nSPS) is 14.3. The smallest absolute Gasteiger partial charge is 0.307 e. The minimum Gasteiger partial charge on any atom is -0.481 e. The summed E-state index contributed by atoms with van der Waals surface area (Å²) < 4.78 is 1.62. The van der Waals surface area contributed by atoms with Crippen molar-refractivity contribution in [3.05, 3.63) is 69.3 Å². The standard InChI is InChI=1S/C25H25Cl2N3O3/c1-15-23(25(33)28-18-8-3-2-4-9-18)29-30(21-10-6-5-7-16(21)13-22(31)32)24(15)19-12-11-17(26)14-20(19)27/h5-7,10-12,14,18H,2-4,8-9,13H2,1H3,(H,28,33)(H,31,32). The molecule has 0 spiro atoms. The van der Waals surface area contributed by atoms with Crippen LogP contribution < -0.4 is 5.32 Å². The molecule has 1 aliphatic carbocycles. The van der Waals surface area contributed by atoms with Gasteiger partial charge in [-0.3, -0.25) is 9.59 Å². The van der Waals surface area contributed by atoms with E-state index in [0.717, 1.165) is 25.7 Å². The van der Waals surface area contributed by atoms with Crippen LogP contribution in [0.2, 0.25) is 10.0 Å². The fourth-order valence-electron chi connectivity index (χ4n) is 4.41. The molecule has 0 bridgehead atoms. The van der Waals surface area contributed by atoms with Crippen molar-refractivity contribution in [3.8, 4) is 16.9 Å². The number of nitrogens with one attached hydrogen (secondary N) is 1. The summed E-state index contributed by atoms with van der Waals surface area (Å²) in [6.45, 7) is 1.83. The molecule has 0 unspecified atom stereocenters. The number of halogens is 2. The van der Waals surface area contributed by atoms with Crippen molar-refractivity contribution in [1.29, 1.82) is 0 Å². The van der Waals surface area contributed by atoms with Gasteiger partial charge in [-0.2, -0.15) is 5.10 Å². The third kappa shape index (κ3) is 5.07. The van der Waals surface area contributed by atoms with Gasteiger partial charge in [-0.05, 0) is 49.6 Å². The fourth-order valence-corrected chi connectivity index (χ4v) is 4.91. The van der Waals surface area contributed by atoms with Crippen LogP contribution in [-0.4, -0.2) is 32.8 Å². The maximum Gasteiger partial charge on any atom is 0.307 e. The van der Waals surface area contributed by atoms with Crippen LogP contribution in [-0.2, 0) is 11.2 Å². The number of hydrogen-bond acceptors (Lipinski definition) is 3. The molecule has 33 heavy (non-hydrogen) atoms. The number of nitrogens with zero attached hydrogens (tertiary/aromatic N) is 2. The number of carboxylic acids is 1. The molecule has 1 aromatic heterocycles. The Morgan fingerprint density at radius 3 is 2.55 bits per heavy atom. The van der Waals surface area contributed by atoms with E-state index in [-0.39, 0.29) is 18.4 Å². The Balaban J connectivity index is 1.85. The number of benzene rings is 2. The zero-order valence-corrected chi connectivity index (χ0v) is 19.8. The molecule has 4 rings (SSSR count). The van der Waals surface area contributed by atoms with Crippen molar-refractivity contribution < 1.29 is 14.7 Å². The molecule has 0 saturated heterocycles. The number of carbonyl (C=O) groups excluding carboxylic acids is 1. The van der Waals surface area contributed by atoms with E-state index in [1.54, 1.807) is 41.1 Å². The molecule has 0 atom stereocenters. The molecule has 1 heterocycles. The number of hydrogen-bond donors (Lipinski definition) is 2. The van der Waals surface area contributed by atoms with E-state index >= 15 is 0 Å². The highest BCUT2D eigenvalue weighted by atomic mass is 35.5. The van der Waals surface area contributed by atoms with E-state index in [0.29, 0.717) is 43.8 Å². The lowest BCUT2D eigenvalue weighted by atomic mass is 9.95. The third-order valence-electron chi connectivity index (χ3n) is 6.03. The van der Waals surface area contributed by atoms with Gasteiger partial charge in [-0.15, -0.1) is 0 Å². The largest absolute Gasteiger partial charge is 0.481 e. The minimum absolute atomic E-state index is 0.137. The van der Waals surface area contributed by atoms with Crippen molar-refractivity contribution >= 4 is 35.1 Å². The zero-order chi connectivity index (χ0) is 23.5. The second-order valence-corrected chi connectivity index (χ2v) is 9.21. The van der Waals surface area contributed by atoms with Gasteiger partial charge in [0, 0.05) is 22.2 Å². The van der Waals surface area contributed by atoms with Gasteiger partial charge in [-0.25, -0.2) is 4.68 Å². The molecule has 0 aliphatic heterocycles. The van der Waals surface area contributed by atoms with Crippen molar-refractivity contribution in [3.63, 3.8) is 0 Å². The summed E-state index contributed by atoms with van der Waals surface area (Å²) >= 11 is 12.7. The highest BCUT2D eigenvalue weighted by Gasteiger charge is 2.26. The first-order valence-electron chi connectivity index (χ1n) is 11.0. The Kier molecular flexibility index (Phi) is 7.05. The molecular formula is C25H25Cl2N3O3. The minimum atomic E-state index is -0.951. The summed E-state index contributed by atoms with van der Waals surface area (Å²) in [5.41, 5.74) is 3.42. The van der Waals surface area contributed by atoms with Crippen LogP contribution >= 0.6 is 23.2 Å². The Morgan fingerprint density at radius 2 is 1.85 bits per heavy atom. The van der Waals surface area contributed by atoms with Gasteiger partial charge in [0.15, 0.2) is 5.69 Å². The summed E-state index contributed by atoms with van der Waals surface area (Å²) in [6, 6.07) is 12.4. The SMILES string of the molecule is Cc1c(C(=O)NC2CCCCC2)nn(-c2ccccc2CC(=O)O)c1-c1ccc(Cl)cc1Cl. The molecule has 8 heteroatoms. The first-order chi connectivity index (χ1) is 15.8. The first kappa shape index (κ1) is 23.3. The number of carboxylic acid groups (broad SMARTS) is 1. The van der Waals surface area contributed by atoms with Crippen molar-refractivity contribution in [2.75, 3.05) is 0 Å². The quantitative estimate of drug-likeness (QED) is 0.458. The van der Waals surface area contributed by atoms with Crippen LogP contribution in [0.15, 0.2) is 42.5 Å². The van der Waals surface area contributed by atoms with Gasteiger partial charge in [-0.1, -0.05) is 60.7 Å². The highest BCUT2D eigenvalue weighted by molar-refractivity contribution is 6.36. The van der Waals surface area contributed by atoms with Gasteiger partial charge in [0.1, 0.15) is 0 Å². The van der Waals surface area contributed by atoms with E-state index in [4.69, 9.17) is 23.2 Å². The molecular weight excluding hydrogens is 461 g/mol. The predicted molar refractivity (Wildman–Crippen MR) is 129 cm³/mol. The number of carbonyl (C=O) groups is 2. The van der Waals surface area contributed by atoms with Crippen molar-refractivity contribution in [2.24, 2.45) is 0 Å². The molecule has 1 aliphatic rings. The first-order valence-corrected chi connectivity index (χ1v) is 11.8. The monoisotopic (exact) mass is 485 g/mol. The second kappa shape index (κ2) is 9.98. The Bertz CT molecular complexity index is 1200. The van der Waals surface area contributed by atoms with Crippen LogP contribution in [0.25, 0.3) is 16.9 Å². The summed E-state index contributed by atoms with van der Waals surface area (Å²) in [6.07, 6.45) is 5.15. The maximum atomic E-state index is 13.2. The zero-order valence-electron chi connectivity index (χ0n) is 18.3. The third-order valence-corrected chi connectivity index (χ3v) is 6.57. The van der Waals surface area contributed by atoms with Crippen LogP contribution in [0, 0.1) is 6.92 Å². The second-order valence-electron chi connectivity index (χ2n) is 8.37. The molecule has 172 valence electrons. The highest BCUT2D eigenvalue weighted by Crippen LogP contribution is 2.36. The Morgan fingerprint density at radius 1 is 1.12 bits per heavy atom. The summed E-state index contributed by atoms with van der Waals surface area (Å²) in [5.74, 6) is -1.19. The topological polar surface area (TPSA) is 84.2 Å².